The number of hydrogen-bond donors (Lipinski definition) is 3. The average Bonchev–Trinajstić information content (AvgIpc) is 2.95. The first-order valence-electron chi connectivity index (χ1n) is 9.14. The van der Waals surface area contributed by atoms with E-state index in [1.165, 1.54) is 6.92 Å². The number of nitrogens with one attached hydrogen (secondary N) is 1. The minimum Gasteiger partial charge on any atom is -0.444 e. The molecule has 0 aromatic heterocycles. The minimum absolute atomic E-state index is 0.00107. The third kappa shape index (κ3) is 5.68. The largest absolute Gasteiger partial charge is 0.521 e. The molecule has 2 N–H and O–H groups in total. The van der Waals surface area contributed by atoms with Crippen molar-refractivity contribution in [2.24, 2.45) is 5.92 Å². The number of rotatable bonds is 6. The Bertz CT molecular complexity index is 603. The number of ketones is 1. The van der Waals surface area contributed by atoms with Gasteiger partial charge in [-0.2, -0.15) is 21.9 Å². The van der Waals surface area contributed by atoms with Gasteiger partial charge in [-0.15, -0.1) is 0 Å². The van der Waals surface area contributed by atoms with Gasteiger partial charge in [0.15, 0.2) is 0 Å². The van der Waals surface area contributed by atoms with Gasteiger partial charge in [0.1, 0.15) is 23.5 Å². The molecule has 8 nitrogen and oxygen atoms in total. The quantitative estimate of drug-likeness (QED) is 0.464. The zero-order valence-electron chi connectivity index (χ0n) is 16.7. The first-order valence-corrected chi connectivity index (χ1v) is 9.77. The molecule has 1 fully saturated rings. The summed E-state index contributed by atoms with van der Waals surface area (Å²) >= 11 is 4.11. The topological polar surface area (TPSA) is 110 Å². The van der Waals surface area contributed by atoms with Gasteiger partial charge in [0.05, 0.1) is 13.0 Å². The lowest BCUT2D eigenvalue weighted by molar-refractivity contribution is -0.794. The normalized spacial score (nSPS) is 24.7. The van der Waals surface area contributed by atoms with Crippen molar-refractivity contribution in [1.29, 1.82) is 0 Å². The molecular formula is C18H31N2O6S+. The highest BCUT2D eigenvalue weighted by molar-refractivity contribution is 7.80. The van der Waals surface area contributed by atoms with Crippen LogP contribution >= 0.6 is 12.6 Å². The number of carbonyl (C=O) groups excluding carboxylic acids is 3. The van der Waals surface area contributed by atoms with Crippen molar-refractivity contribution in [3.8, 4) is 0 Å². The molecule has 9 heteroatoms. The van der Waals surface area contributed by atoms with E-state index in [1.807, 2.05) is 0 Å². The average molecular weight is 404 g/mol. The number of amides is 3. The van der Waals surface area contributed by atoms with E-state index in [4.69, 9.17) is 4.74 Å². The van der Waals surface area contributed by atoms with Crippen LogP contribution < -0.4 is 5.32 Å². The Morgan fingerprint density at radius 2 is 1.85 bits per heavy atom. The van der Waals surface area contributed by atoms with Crippen molar-refractivity contribution < 1.29 is 33.5 Å². The number of carbonyl (C=O) groups is 4. The number of likely N-dealkylation sites (tertiary alicyclic amines) is 1. The molecule has 1 rings (SSSR count). The van der Waals surface area contributed by atoms with Crippen LogP contribution in [0.3, 0.4) is 0 Å². The first kappa shape index (κ1) is 23.4. The van der Waals surface area contributed by atoms with Gasteiger partial charge in [0, 0.05) is 18.8 Å². The summed E-state index contributed by atoms with van der Waals surface area (Å²) in [6, 6.07) is -1.71. The molecule has 154 valence electrons. The Kier molecular flexibility index (Phi) is 7.86. The standard InChI is InChI=1S/C18H30N2O6S/c1-11(10-27)14(21)9-13-7-6-8-20(13,17(24)25)15(22)12(2)19-16(23)26-18(3,4)5/h11-13H,6-10H2,1-5H3,(H2-,19,23,24,25,27)/p+1/t11?,12?,13-,20?/m0/s1. The van der Waals surface area contributed by atoms with Crippen molar-refractivity contribution in [2.45, 2.75) is 71.6 Å². The van der Waals surface area contributed by atoms with E-state index >= 15 is 0 Å². The number of thiol groups is 1. The van der Waals surface area contributed by atoms with Gasteiger partial charge in [-0.1, -0.05) is 6.92 Å². The molecule has 0 saturated carbocycles. The molecule has 3 unspecified atom stereocenters. The van der Waals surface area contributed by atoms with Crippen molar-refractivity contribution in [3.05, 3.63) is 0 Å². The summed E-state index contributed by atoms with van der Waals surface area (Å²) in [5.74, 6) is -0.705. The number of hydrogen-bond acceptors (Lipinski definition) is 6. The van der Waals surface area contributed by atoms with E-state index in [0.29, 0.717) is 18.6 Å². The Morgan fingerprint density at radius 1 is 1.26 bits per heavy atom. The molecule has 0 radical (unpaired) electrons. The number of imide groups is 1. The van der Waals surface area contributed by atoms with Crippen LogP contribution in [0.1, 0.15) is 53.9 Å². The summed E-state index contributed by atoms with van der Waals surface area (Å²) < 4.78 is 4.29. The van der Waals surface area contributed by atoms with Crippen molar-refractivity contribution >= 4 is 36.5 Å². The first-order chi connectivity index (χ1) is 12.3. The Hall–Kier alpha value is -1.61. The van der Waals surface area contributed by atoms with Crippen LogP contribution in [0, 0.1) is 5.92 Å². The maximum atomic E-state index is 13.0. The molecule has 27 heavy (non-hydrogen) atoms. The van der Waals surface area contributed by atoms with Crippen LogP contribution in [-0.4, -0.2) is 63.4 Å². The SMILES string of the molecule is CC(CS)C(=O)C[C@@H]1CCC[N+]1(C(=O)O)C(=O)C(C)NC(=O)OC(C)(C)C. The van der Waals surface area contributed by atoms with Crippen LogP contribution in [-0.2, 0) is 14.3 Å². The van der Waals surface area contributed by atoms with Crippen molar-refractivity contribution in [1.82, 2.24) is 5.32 Å². The second kappa shape index (κ2) is 9.05. The fourth-order valence-corrected chi connectivity index (χ4v) is 3.50. The number of ether oxygens (including phenoxy) is 1. The molecule has 0 aromatic rings. The molecule has 1 saturated heterocycles. The Labute approximate surface area is 165 Å². The van der Waals surface area contributed by atoms with Crippen molar-refractivity contribution in [3.63, 3.8) is 0 Å². The van der Waals surface area contributed by atoms with Crippen LogP contribution in [0.25, 0.3) is 0 Å². The van der Waals surface area contributed by atoms with Crippen LogP contribution in [0.2, 0.25) is 0 Å². The summed E-state index contributed by atoms with van der Waals surface area (Å²) in [4.78, 5) is 49.4. The predicted molar refractivity (Wildman–Crippen MR) is 103 cm³/mol. The van der Waals surface area contributed by atoms with Crippen LogP contribution in [0.4, 0.5) is 9.59 Å². The fraction of sp³-hybridized carbons (Fsp3) is 0.778. The zero-order chi connectivity index (χ0) is 21.0. The third-order valence-electron chi connectivity index (χ3n) is 4.77. The van der Waals surface area contributed by atoms with Gasteiger partial charge in [-0.25, -0.2) is 9.59 Å². The number of alkyl carbamates (subject to hydrolysis) is 1. The van der Waals surface area contributed by atoms with Gasteiger partial charge >= 0.3 is 18.1 Å². The molecule has 0 aromatic carbocycles. The molecule has 1 heterocycles. The lowest BCUT2D eigenvalue weighted by atomic mass is 9.98. The van der Waals surface area contributed by atoms with E-state index in [-0.39, 0.29) is 24.7 Å². The molecular weight excluding hydrogens is 372 g/mol. The van der Waals surface area contributed by atoms with Crippen LogP contribution in [0.15, 0.2) is 0 Å². The highest BCUT2D eigenvalue weighted by Gasteiger charge is 2.57. The van der Waals surface area contributed by atoms with Gasteiger partial charge in [0.2, 0.25) is 0 Å². The lowest BCUT2D eigenvalue weighted by Crippen LogP contribution is -2.65. The number of quaternary nitrogens is 1. The molecule has 0 bridgehead atoms. The van der Waals surface area contributed by atoms with Crippen molar-refractivity contribution in [2.75, 3.05) is 12.3 Å². The second-order valence-electron chi connectivity index (χ2n) is 8.13. The van der Waals surface area contributed by atoms with E-state index in [2.05, 4.69) is 17.9 Å². The fourth-order valence-electron chi connectivity index (χ4n) is 3.30. The Balaban J connectivity index is 3.00. The summed E-state index contributed by atoms with van der Waals surface area (Å²) in [5.41, 5.74) is -0.739. The highest BCUT2D eigenvalue weighted by atomic mass is 32.1. The van der Waals surface area contributed by atoms with Gasteiger partial charge < -0.3 is 15.2 Å². The monoisotopic (exact) mass is 403 g/mol. The smallest absolute Gasteiger partial charge is 0.444 e. The maximum absolute atomic E-state index is 13.0. The second-order valence-corrected chi connectivity index (χ2v) is 8.50. The van der Waals surface area contributed by atoms with Gasteiger partial charge in [-0.3, -0.25) is 4.79 Å². The zero-order valence-corrected chi connectivity index (χ0v) is 17.5. The van der Waals surface area contributed by atoms with E-state index < -0.39 is 40.3 Å². The summed E-state index contributed by atoms with van der Waals surface area (Å²) in [7, 11) is 0. The summed E-state index contributed by atoms with van der Waals surface area (Å²) in [5, 5.41) is 12.3. The summed E-state index contributed by atoms with van der Waals surface area (Å²) in [6.07, 6.45) is -1.11. The van der Waals surface area contributed by atoms with E-state index in [9.17, 15) is 24.3 Å². The number of Topliss-reactive ketones (excluding diaryl/α,β-unsaturated/α-hetero) is 1. The number of nitrogens with zero attached hydrogens (tertiary/aromatic N) is 1. The molecule has 1 aliphatic rings. The summed E-state index contributed by atoms with van der Waals surface area (Å²) in [6.45, 7) is 8.33. The molecule has 0 aliphatic carbocycles. The van der Waals surface area contributed by atoms with E-state index in [0.717, 1.165) is 0 Å². The predicted octanol–water partition coefficient (Wildman–Crippen LogP) is 2.61. The van der Waals surface area contributed by atoms with E-state index in [1.54, 1.807) is 27.7 Å². The number of carboxylic acid groups (broad SMARTS) is 1. The molecule has 3 amide bonds. The maximum Gasteiger partial charge on any atom is 0.521 e. The molecule has 0 spiro atoms. The lowest BCUT2D eigenvalue weighted by Gasteiger charge is -2.34. The highest BCUT2D eigenvalue weighted by Crippen LogP contribution is 2.32. The third-order valence-corrected chi connectivity index (χ3v) is 5.32. The molecule has 4 atom stereocenters. The molecule has 1 aliphatic heterocycles. The van der Waals surface area contributed by atoms with Gasteiger partial charge in [-0.05, 0) is 33.4 Å². The van der Waals surface area contributed by atoms with Crippen LogP contribution in [0.5, 0.6) is 0 Å². The van der Waals surface area contributed by atoms with Gasteiger partial charge in [0.25, 0.3) is 0 Å². The Morgan fingerprint density at radius 3 is 2.33 bits per heavy atom. The minimum atomic E-state index is -1.30.